The van der Waals surface area contributed by atoms with E-state index in [-0.39, 0.29) is 40.4 Å². The van der Waals surface area contributed by atoms with Crippen molar-refractivity contribution in [3.8, 4) is 17.3 Å². The van der Waals surface area contributed by atoms with Gasteiger partial charge in [-0.15, -0.1) is 5.73 Å². The monoisotopic (exact) mass is 530 g/mol. The Morgan fingerprint density at radius 2 is 1.28 bits per heavy atom. The maximum absolute atomic E-state index is 13.1. The van der Waals surface area contributed by atoms with Crippen LogP contribution in [0.15, 0.2) is 63.9 Å². The van der Waals surface area contributed by atoms with Crippen molar-refractivity contribution < 1.29 is 29.3 Å². The molecule has 0 atom stereocenters. The van der Waals surface area contributed by atoms with Gasteiger partial charge >= 0.3 is 11.9 Å². The second kappa shape index (κ2) is 10.8. The van der Waals surface area contributed by atoms with Gasteiger partial charge in [0, 0.05) is 6.92 Å². The molecule has 4 aromatic rings. The summed E-state index contributed by atoms with van der Waals surface area (Å²) in [6, 6.07) is 11.1. The molecule has 4 rings (SSSR count). The first kappa shape index (κ1) is 26.5. The largest absolute Gasteiger partial charge is 0.478 e. The van der Waals surface area contributed by atoms with Crippen LogP contribution in [-0.2, 0) is 0 Å². The van der Waals surface area contributed by atoms with Gasteiger partial charge in [-0.2, -0.15) is 0 Å². The number of Topliss-reactive ketones (excluding diaryl/α,β-unsaturated/α-hetero) is 1. The van der Waals surface area contributed by atoms with Crippen LogP contribution >= 0.6 is 0 Å². The molecule has 2 heterocycles. The molecule has 0 saturated heterocycles. The normalized spacial score (nSPS) is 10.5. The first-order valence-corrected chi connectivity index (χ1v) is 11.6. The number of carboxylic acids is 2. The smallest absolute Gasteiger partial charge is 0.335 e. The molecular weight excluding hydrogens is 508 g/mol. The number of aromatic carboxylic acids is 2. The standard InChI is InChI=1S/C27H22N4O8/c1-3-39-23-21(25(34)31(29-23)19-13-9-17(10-14-19)27(37)38)6-4-5-20-22(15(2)32)28-30(24(20)33)18-11-7-16(8-12-18)26(35)36/h5-14,28-29H,3H2,1-2H3,(H,35,36)(H,37,38). The van der Waals surface area contributed by atoms with Gasteiger partial charge in [0.15, 0.2) is 5.78 Å². The Balaban J connectivity index is 1.76. The highest BCUT2D eigenvalue weighted by molar-refractivity contribution is 5.95. The van der Waals surface area contributed by atoms with Crippen molar-refractivity contribution in [1.82, 2.24) is 19.6 Å². The first-order valence-electron chi connectivity index (χ1n) is 11.6. The molecule has 0 saturated carbocycles. The number of ether oxygens (including phenoxy) is 1. The number of hydrogen-bond acceptors (Lipinski definition) is 6. The Labute approximate surface area is 219 Å². The highest BCUT2D eigenvalue weighted by atomic mass is 16.5. The van der Waals surface area contributed by atoms with Gasteiger partial charge in [0.25, 0.3) is 11.1 Å². The quantitative estimate of drug-likeness (QED) is 0.189. The molecule has 0 unspecified atom stereocenters. The lowest BCUT2D eigenvalue weighted by Gasteiger charge is -2.02. The number of carbonyl (C=O) groups is 3. The molecule has 0 aliphatic carbocycles. The Morgan fingerprint density at radius 3 is 1.74 bits per heavy atom. The summed E-state index contributed by atoms with van der Waals surface area (Å²) >= 11 is 0. The lowest BCUT2D eigenvalue weighted by molar-refractivity contribution is 0.0686. The van der Waals surface area contributed by atoms with E-state index in [2.05, 4.69) is 15.9 Å². The van der Waals surface area contributed by atoms with Crippen molar-refractivity contribution >= 4 is 29.9 Å². The van der Waals surface area contributed by atoms with Gasteiger partial charge in [0.1, 0.15) is 11.3 Å². The molecule has 4 N–H and O–H groups in total. The van der Waals surface area contributed by atoms with E-state index in [1.54, 1.807) is 6.92 Å². The summed E-state index contributed by atoms with van der Waals surface area (Å²) in [7, 11) is 0. The molecule has 0 aliphatic rings. The van der Waals surface area contributed by atoms with E-state index >= 15 is 0 Å². The molecule has 0 fully saturated rings. The summed E-state index contributed by atoms with van der Waals surface area (Å²) in [4.78, 5) is 60.7. The van der Waals surface area contributed by atoms with E-state index < -0.39 is 28.8 Å². The number of ketones is 1. The number of H-pyrrole nitrogens is 2. The first-order chi connectivity index (χ1) is 18.6. The van der Waals surface area contributed by atoms with Gasteiger partial charge in [-0.25, -0.2) is 19.0 Å². The summed E-state index contributed by atoms with van der Waals surface area (Å²) in [5.74, 6) is -2.52. The number of hydrogen-bond donors (Lipinski definition) is 4. The molecule has 0 bridgehead atoms. The summed E-state index contributed by atoms with van der Waals surface area (Å²) in [5, 5.41) is 23.7. The van der Waals surface area contributed by atoms with Crippen LogP contribution in [0.3, 0.4) is 0 Å². The molecule has 0 spiro atoms. The van der Waals surface area contributed by atoms with E-state index in [0.717, 1.165) is 4.68 Å². The highest BCUT2D eigenvalue weighted by Crippen LogP contribution is 2.17. The lowest BCUT2D eigenvalue weighted by atomic mass is 10.2. The van der Waals surface area contributed by atoms with Crippen molar-refractivity contribution in [3.63, 3.8) is 0 Å². The van der Waals surface area contributed by atoms with Gasteiger partial charge in [0.05, 0.1) is 34.7 Å². The zero-order valence-electron chi connectivity index (χ0n) is 20.7. The maximum atomic E-state index is 13.1. The van der Waals surface area contributed by atoms with Gasteiger partial charge in [-0.1, -0.05) is 0 Å². The number of aromatic nitrogens is 4. The second-order valence-electron chi connectivity index (χ2n) is 8.18. The zero-order valence-corrected chi connectivity index (χ0v) is 20.7. The molecule has 198 valence electrons. The van der Waals surface area contributed by atoms with Gasteiger partial charge in [-0.3, -0.25) is 24.6 Å². The third-order valence-corrected chi connectivity index (χ3v) is 5.66. The summed E-state index contributed by atoms with van der Waals surface area (Å²) < 4.78 is 7.81. The number of aromatic amines is 2. The summed E-state index contributed by atoms with van der Waals surface area (Å²) in [6.07, 6.45) is 2.56. The molecule has 0 aliphatic heterocycles. The zero-order chi connectivity index (χ0) is 28.3. The Morgan fingerprint density at radius 1 is 0.821 bits per heavy atom. The van der Waals surface area contributed by atoms with Crippen LogP contribution in [0.1, 0.15) is 56.2 Å². The SMILES string of the molecule is CCOc1[nH]n(-c2ccc(C(=O)O)cc2)c(=O)c1C=C=Cc1c(C(C)=O)[nH]n(-c2ccc(C(=O)O)cc2)c1=O. The minimum Gasteiger partial charge on any atom is -0.478 e. The minimum absolute atomic E-state index is 0.00163. The molecule has 0 radical (unpaired) electrons. The molecule has 2 aromatic carbocycles. The third-order valence-electron chi connectivity index (χ3n) is 5.66. The van der Waals surface area contributed by atoms with Crippen LogP contribution in [0.4, 0.5) is 0 Å². The number of carbonyl (C=O) groups excluding carboxylic acids is 1. The van der Waals surface area contributed by atoms with E-state index in [0.29, 0.717) is 11.4 Å². The molecule has 0 amide bonds. The number of nitrogens with zero attached hydrogens (tertiary/aromatic N) is 2. The van der Waals surface area contributed by atoms with Gasteiger partial charge in [-0.05, 0) is 67.6 Å². The summed E-state index contributed by atoms with van der Waals surface area (Å²) in [5.41, 5.74) is 2.52. The topological polar surface area (TPSA) is 176 Å². The Hall–Kier alpha value is -5.61. The number of rotatable bonds is 9. The van der Waals surface area contributed by atoms with Gasteiger partial charge in [0.2, 0.25) is 5.88 Å². The van der Waals surface area contributed by atoms with Crippen molar-refractivity contribution in [1.29, 1.82) is 0 Å². The van der Waals surface area contributed by atoms with Crippen LogP contribution in [0.2, 0.25) is 0 Å². The van der Waals surface area contributed by atoms with Crippen LogP contribution < -0.4 is 15.9 Å². The van der Waals surface area contributed by atoms with Crippen molar-refractivity contribution in [2.24, 2.45) is 0 Å². The molecule has 2 aromatic heterocycles. The van der Waals surface area contributed by atoms with E-state index in [4.69, 9.17) is 14.9 Å². The number of nitrogens with one attached hydrogen (secondary N) is 2. The Kier molecular flexibility index (Phi) is 7.32. The lowest BCUT2D eigenvalue weighted by Crippen LogP contribution is -2.16. The fraction of sp³-hybridized carbons (Fsp3) is 0.111. The van der Waals surface area contributed by atoms with E-state index in [1.807, 2.05) is 0 Å². The molecule has 12 nitrogen and oxygen atoms in total. The number of carboxylic acid groups (broad SMARTS) is 2. The van der Waals surface area contributed by atoms with Crippen molar-refractivity contribution in [3.05, 3.63) is 103 Å². The second-order valence-corrected chi connectivity index (χ2v) is 8.18. The molecular formula is C27H22N4O8. The van der Waals surface area contributed by atoms with E-state index in [1.165, 1.54) is 72.3 Å². The van der Waals surface area contributed by atoms with Gasteiger partial charge < -0.3 is 14.9 Å². The Bertz CT molecular complexity index is 1760. The van der Waals surface area contributed by atoms with Crippen LogP contribution in [-0.4, -0.2) is 54.1 Å². The highest BCUT2D eigenvalue weighted by Gasteiger charge is 2.18. The third kappa shape index (κ3) is 5.26. The van der Waals surface area contributed by atoms with Crippen LogP contribution in [0, 0.1) is 0 Å². The fourth-order valence-corrected chi connectivity index (χ4v) is 3.74. The van der Waals surface area contributed by atoms with E-state index in [9.17, 15) is 24.0 Å². The predicted molar refractivity (Wildman–Crippen MR) is 140 cm³/mol. The molecule has 12 heteroatoms. The predicted octanol–water partition coefficient (Wildman–Crippen LogP) is 2.97. The van der Waals surface area contributed by atoms with Crippen LogP contribution in [0.25, 0.3) is 23.5 Å². The summed E-state index contributed by atoms with van der Waals surface area (Å²) in [6.45, 7) is 3.24. The average molecular weight is 530 g/mol. The van der Waals surface area contributed by atoms with Crippen LogP contribution in [0.5, 0.6) is 5.88 Å². The van der Waals surface area contributed by atoms with Crippen molar-refractivity contribution in [2.75, 3.05) is 6.61 Å². The van der Waals surface area contributed by atoms with Crippen molar-refractivity contribution in [2.45, 2.75) is 13.8 Å². The molecule has 39 heavy (non-hydrogen) atoms. The average Bonchev–Trinajstić information content (AvgIpc) is 3.41. The maximum Gasteiger partial charge on any atom is 0.335 e. The fourth-order valence-electron chi connectivity index (χ4n) is 3.74. The minimum atomic E-state index is -1.12. The number of benzene rings is 2.